The van der Waals surface area contributed by atoms with Gasteiger partial charge in [-0.15, -0.1) is 11.3 Å². The zero-order valence-electron chi connectivity index (χ0n) is 13.5. The molecule has 1 aromatic heterocycles. The summed E-state index contributed by atoms with van der Waals surface area (Å²) >= 11 is 1.72. The number of hydrogen-bond acceptors (Lipinski definition) is 3. The summed E-state index contributed by atoms with van der Waals surface area (Å²) < 4.78 is 0. The molecular formula is C17H25N3O2S. The molecule has 3 heterocycles. The summed E-state index contributed by atoms with van der Waals surface area (Å²) in [5.41, 5.74) is 0. The standard InChI is InChI=1S/C17H25N3O2S/c21-16(18-8-7-15-6-4-12-23-15)14-5-3-11-20(13-14)17(22)19-9-1-2-10-19/h4,6,12,14H,1-3,5,7-11,13H2,(H,18,21)/t14-/m0/s1. The third-order valence-corrected chi connectivity index (χ3v) is 5.63. The lowest BCUT2D eigenvalue weighted by Crippen LogP contribution is -2.49. The molecule has 0 saturated carbocycles. The molecule has 1 atom stereocenters. The second-order valence-electron chi connectivity index (χ2n) is 6.38. The van der Waals surface area contributed by atoms with Crippen molar-refractivity contribution >= 4 is 23.3 Å². The molecule has 6 heteroatoms. The molecule has 5 nitrogen and oxygen atoms in total. The molecule has 2 aliphatic heterocycles. The third-order valence-electron chi connectivity index (χ3n) is 4.69. The van der Waals surface area contributed by atoms with E-state index in [4.69, 9.17) is 0 Å². The van der Waals surface area contributed by atoms with Gasteiger partial charge in [0.1, 0.15) is 0 Å². The van der Waals surface area contributed by atoms with E-state index >= 15 is 0 Å². The van der Waals surface area contributed by atoms with E-state index in [-0.39, 0.29) is 17.9 Å². The maximum absolute atomic E-state index is 12.5. The fraction of sp³-hybridized carbons (Fsp3) is 0.647. The Hall–Kier alpha value is -1.56. The molecule has 0 unspecified atom stereocenters. The molecule has 0 aromatic carbocycles. The van der Waals surface area contributed by atoms with Crippen LogP contribution in [0.3, 0.4) is 0 Å². The maximum Gasteiger partial charge on any atom is 0.320 e. The van der Waals surface area contributed by atoms with E-state index in [2.05, 4.69) is 16.8 Å². The second-order valence-corrected chi connectivity index (χ2v) is 7.41. The Morgan fingerprint density at radius 2 is 1.96 bits per heavy atom. The molecule has 2 aliphatic rings. The first-order valence-electron chi connectivity index (χ1n) is 8.58. The normalized spacial score (nSPS) is 21.5. The molecule has 3 rings (SSSR count). The first kappa shape index (κ1) is 16.3. The predicted molar refractivity (Wildman–Crippen MR) is 91.5 cm³/mol. The zero-order valence-corrected chi connectivity index (χ0v) is 14.3. The molecule has 0 aliphatic carbocycles. The quantitative estimate of drug-likeness (QED) is 0.918. The molecule has 0 spiro atoms. The molecule has 1 aromatic rings. The van der Waals surface area contributed by atoms with E-state index in [1.165, 1.54) is 4.88 Å². The van der Waals surface area contributed by atoms with E-state index in [1.807, 2.05) is 15.9 Å². The lowest BCUT2D eigenvalue weighted by Gasteiger charge is -2.34. The Balaban J connectivity index is 1.45. The van der Waals surface area contributed by atoms with Crippen LogP contribution in [0.1, 0.15) is 30.6 Å². The van der Waals surface area contributed by atoms with Crippen LogP contribution in [0.5, 0.6) is 0 Å². The van der Waals surface area contributed by atoms with Crippen LogP contribution in [0.15, 0.2) is 17.5 Å². The minimum absolute atomic E-state index is 0.0568. The van der Waals surface area contributed by atoms with E-state index in [9.17, 15) is 9.59 Å². The highest BCUT2D eigenvalue weighted by Crippen LogP contribution is 2.20. The maximum atomic E-state index is 12.5. The van der Waals surface area contributed by atoms with Gasteiger partial charge in [0.2, 0.25) is 5.91 Å². The molecular weight excluding hydrogens is 310 g/mol. The third kappa shape index (κ3) is 4.25. The summed E-state index contributed by atoms with van der Waals surface area (Å²) in [5, 5.41) is 5.09. The Labute approximate surface area is 141 Å². The minimum Gasteiger partial charge on any atom is -0.355 e. The predicted octanol–water partition coefficient (Wildman–Crippen LogP) is 2.33. The van der Waals surface area contributed by atoms with Crippen molar-refractivity contribution in [1.29, 1.82) is 0 Å². The number of hydrogen-bond donors (Lipinski definition) is 1. The SMILES string of the molecule is O=C(NCCc1cccs1)[C@H]1CCCN(C(=O)N2CCCC2)C1. The summed E-state index contributed by atoms with van der Waals surface area (Å²) in [6.07, 6.45) is 4.89. The van der Waals surface area contributed by atoms with Crippen LogP contribution in [0, 0.1) is 5.92 Å². The van der Waals surface area contributed by atoms with Crippen molar-refractivity contribution in [2.45, 2.75) is 32.1 Å². The Morgan fingerprint density at radius 1 is 1.17 bits per heavy atom. The van der Waals surface area contributed by atoms with Gasteiger partial charge in [-0.3, -0.25) is 4.79 Å². The Bertz CT molecular complexity index is 526. The van der Waals surface area contributed by atoms with Crippen molar-refractivity contribution in [3.8, 4) is 0 Å². The highest BCUT2D eigenvalue weighted by molar-refractivity contribution is 7.09. The lowest BCUT2D eigenvalue weighted by atomic mass is 9.97. The number of amides is 3. The zero-order chi connectivity index (χ0) is 16.1. The minimum atomic E-state index is -0.0568. The molecule has 2 fully saturated rings. The number of likely N-dealkylation sites (tertiary alicyclic amines) is 2. The van der Waals surface area contributed by atoms with Gasteiger partial charge < -0.3 is 15.1 Å². The van der Waals surface area contributed by atoms with Crippen molar-refractivity contribution in [3.63, 3.8) is 0 Å². The van der Waals surface area contributed by atoms with Crippen molar-refractivity contribution < 1.29 is 9.59 Å². The van der Waals surface area contributed by atoms with Crippen molar-refractivity contribution in [2.24, 2.45) is 5.92 Å². The number of carbonyl (C=O) groups excluding carboxylic acids is 2. The van der Waals surface area contributed by atoms with Crippen molar-refractivity contribution in [2.75, 3.05) is 32.7 Å². The summed E-state index contributed by atoms with van der Waals surface area (Å²) in [4.78, 5) is 29.9. The number of urea groups is 1. The van der Waals surface area contributed by atoms with Crippen LogP contribution in [0.2, 0.25) is 0 Å². The number of nitrogens with zero attached hydrogens (tertiary/aromatic N) is 2. The van der Waals surface area contributed by atoms with Crippen LogP contribution in [0.4, 0.5) is 4.79 Å². The van der Waals surface area contributed by atoms with Crippen LogP contribution in [-0.4, -0.2) is 54.5 Å². The van der Waals surface area contributed by atoms with E-state index < -0.39 is 0 Å². The molecule has 0 bridgehead atoms. The van der Waals surface area contributed by atoms with Crippen LogP contribution < -0.4 is 5.32 Å². The number of thiophene rings is 1. The van der Waals surface area contributed by atoms with Crippen molar-refractivity contribution in [1.82, 2.24) is 15.1 Å². The van der Waals surface area contributed by atoms with Crippen LogP contribution in [0.25, 0.3) is 0 Å². The van der Waals surface area contributed by atoms with Gasteiger partial charge in [-0.05, 0) is 43.6 Å². The monoisotopic (exact) mass is 335 g/mol. The summed E-state index contributed by atoms with van der Waals surface area (Å²) in [6, 6.07) is 4.25. The Kier molecular flexibility index (Phi) is 5.54. The van der Waals surface area contributed by atoms with Gasteiger partial charge in [0, 0.05) is 37.6 Å². The molecule has 23 heavy (non-hydrogen) atoms. The lowest BCUT2D eigenvalue weighted by molar-refractivity contribution is -0.126. The molecule has 1 N–H and O–H groups in total. The average molecular weight is 335 g/mol. The van der Waals surface area contributed by atoms with Crippen LogP contribution >= 0.6 is 11.3 Å². The second kappa shape index (κ2) is 7.81. The fourth-order valence-electron chi connectivity index (χ4n) is 3.38. The van der Waals surface area contributed by atoms with Crippen molar-refractivity contribution in [3.05, 3.63) is 22.4 Å². The van der Waals surface area contributed by atoms with E-state index in [0.717, 1.165) is 51.7 Å². The van der Waals surface area contributed by atoms with Gasteiger partial charge in [0.25, 0.3) is 0 Å². The van der Waals surface area contributed by atoms with Gasteiger partial charge in [-0.25, -0.2) is 4.79 Å². The van der Waals surface area contributed by atoms with Gasteiger partial charge in [0.05, 0.1) is 5.92 Å². The van der Waals surface area contributed by atoms with Crippen LogP contribution in [-0.2, 0) is 11.2 Å². The van der Waals surface area contributed by atoms with Gasteiger partial charge in [0.15, 0.2) is 0 Å². The first-order valence-corrected chi connectivity index (χ1v) is 9.46. The topological polar surface area (TPSA) is 52.7 Å². The van der Waals surface area contributed by atoms with Gasteiger partial charge in [-0.1, -0.05) is 6.07 Å². The van der Waals surface area contributed by atoms with E-state index in [0.29, 0.717) is 13.1 Å². The largest absolute Gasteiger partial charge is 0.355 e. The van der Waals surface area contributed by atoms with E-state index in [1.54, 1.807) is 11.3 Å². The number of nitrogens with one attached hydrogen (secondary N) is 1. The fourth-order valence-corrected chi connectivity index (χ4v) is 4.09. The van der Waals surface area contributed by atoms with Gasteiger partial charge in [-0.2, -0.15) is 0 Å². The summed E-state index contributed by atoms with van der Waals surface area (Å²) in [6.45, 7) is 3.77. The highest BCUT2D eigenvalue weighted by Gasteiger charge is 2.31. The molecule has 126 valence electrons. The number of rotatable bonds is 4. The number of piperidine rings is 1. The first-order chi connectivity index (χ1) is 11.2. The molecule has 3 amide bonds. The molecule has 2 saturated heterocycles. The molecule has 0 radical (unpaired) electrons. The Morgan fingerprint density at radius 3 is 2.70 bits per heavy atom. The number of carbonyl (C=O) groups is 2. The van der Waals surface area contributed by atoms with Gasteiger partial charge >= 0.3 is 6.03 Å². The summed E-state index contributed by atoms with van der Waals surface area (Å²) in [7, 11) is 0. The highest BCUT2D eigenvalue weighted by atomic mass is 32.1. The average Bonchev–Trinajstić information content (AvgIpc) is 3.28. The summed E-state index contributed by atoms with van der Waals surface area (Å²) in [5.74, 6) is 0.0408. The smallest absolute Gasteiger partial charge is 0.320 e.